The fraction of sp³-hybridized carbons (Fsp3) is 0.118. The van der Waals surface area contributed by atoms with Crippen LogP contribution >= 0.6 is 0 Å². The van der Waals surface area contributed by atoms with Crippen LogP contribution in [0.15, 0.2) is 157 Å². The third kappa shape index (κ3) is 10.2. The molecule has 0 saturated heterocycles. The van der Waals surface area contributed by atoms with Crippen LogP contribution in [-0.4, -0.2) is 26.2 Å². The standard InChI is InChI=1S/C68H44N8O4/c1-39(2)45-9-7-11-55-57(27-45)61(67(77)79-5)29-59(55)65(43-17-13-41(14-18-43)51(31-69)32-70)63(53(35-73)36-74)49-23-21-48-26-50(24-22-47(48)25-49)64(54(37-75)38-76)66(44-19-15-42(16-20-44)52(33-71)34-72)60-30-62(68(78)80-6)58-28-46(40(3)4)10-8-12-56(58)60/h7-30,39-40H,1-6H3. The third-order valence-electron chi connectivity index (χ3n) is 14.0. The minimum Gasteiger partial charge on any atom is -0.465 e. The van der Waals surface area contributed by atoms with E-state index in [1.54, 1.807) is 97.1 Å². The summed E-state index contributed by atoms with van der Waals surface area (Å²) in [5.41, 5.74) is 6.99. The van der Waals surface area contributed by atoms with E-state index in [2.05, 4.69) is 24.3 Å². The first kappa shape index (κ1) is 54.6. The molecule has 0 aliphatic heterocycles. The molecule has 4 aliphatic carbocycles. The van der Waals surface area contributed by atoms with Crippen LogP contribution in [0, 0.1) is 90.6 Å². The highest BCUT2D eigenvalue weighted by Gasteiger charge is 2.30. The largest absolute Gasteiger partial charge is 0.465 e. The summed E-state index contributed by atoms with van der Waals surface area (Å²) in [4.78, 5) is 27.3. The van der Waals surface area contributed by atoms with E-state index in [9.17, 15) is 51.7 Å². The number of benzene rings is 4. The minimum absolute atomic E-state index is 0.0750. The normalized spacial score (nSPS) is 10.3. The molecule has 12 heteroatoms. The van der Waals surface area contributed by atoms with E-state index in [0.29, 0.717) is 87.3 Å². The van der Waals surface area contributed by atoms with Crippen LogP contribution < -0.4 is 20.9 Å². The van der Waals surface area contributed by atoms with Gasteiger partial charge in [-0.15, -0.1) is 0 Å². The Labute approximate surface area is 461 Å². The molecule has 0 atom stereocenters. The van der Waals surface area contributed by atoms with Crippen molar-refractivity contribution in [2.24, 2.45) is 0 Å². The number of hydrogen-bond acceptors (Lipinski definition) is 12. The average molecular weight is 1040 g/mol. The van der Waals surface area contributed by atoms with Gasteiger partial charge in [-0.05, 0) is 124 Å². The summed E-state index contributed by atoms with van der Waals surface area (Å²) in [6.07, 6.45) is 0. The molecule has 0 bridgehead atoms. The van der Waals surface area contributed by atoms with Gasteiger partial charge >= 0.3 is 11.9 Å². The number of nitrogens with zero attached hydrogens (tertiary/aromatic N) is 8. The van der Waals surface area contributed by atoms with Crippen LogP contribution in [0.5, 0.6) is 0 Å². The second-order valence-electron chi connectivity index (χ2n) is 19.1. The van der Waals surface area contributed by atoms with Crippen LogP contribution in [0.4, 0.5) is 0 Å². The zero-order valence-electron chi connectivity index (χ0n) is 44.2. The van der Waals surface area contributed by atoms with Gasteiger partial charge in [-0.2, -0.15) is 42.1 Å². The van der Waals surface area contributed by atoms with Crippen molar-refractivity contribution in [1.82, 2.24) is 0 Å². The summed E-state index contributed by atoms with van der Waals surface area (Å²) >= 11 is 0. The molecular formula is C68H44N8O4. The van der Waals surface area contributed by atoms with Gasteiger partial charge in [0.2, 0.25) is 0 Å². The molecule has 0 saturated carbocycles. The number of allylic oxidation sites excluding steroid dienone is 4. The van der Waals surface area contributed by atoms with Gasteiger partial charge in [0, 0.05) is 21.6 Å². The van der Waals surface area contributed by atoms with Gasteiger partial charge in [-0.3, -0.25) is 0 Å². The van der Waals surface area contributed by atoms with Gasteiger partial charge in [-0.25, -0.2) is 9.59 Å². The lowest BCUT2D eigenvalue weighted by atomic mass is 9.84. The maximum absolute atomic E-state index is 13.7. The predicted octanol–water partition coefficient (Wildman–Crippen LogP) is 10.7. The van der Waals surface area contributed by atoms with E-state index in [1.165, 1.54) is 14.2 Å². The topological polar surface area (TPSA) is 243 Å². The number of nitriles is 8. The van der Waals surface area contributed by atoms with E-state index < -0.39 is 11.9 Å². The fourth-order valence-corrected chi connectivity index (χ4v) is 9.92. The van der Waals surface area contributed by atoms with Gasteiger partial charge in [0.05, 0.1) is 25.3 Å². The van der Waals surface area contributed by atoms with Crippen molar-refractivity contribution < 1.29 is 19.1 Å². The van der Waals surface area contributed by atoms with Crippen molar-refractivity contribution in [3.8, 4) is 70.8 Å². The van der Waals surface area contributed by atoms with E-state index in [-0.39, 0.29) is 56.4 Å². The van der Waals surface area contributed by atoms with E-state index >= 15 is 0 Å². The van der Waals surface area contributed by atoms with Crippen LogP contribution in [0.1, 0.15) is 93.6 Å². The second-order valence-corrected chi connectivity index (χ2v) is 19.1. The Hall–Kier alpha value is -11.6. The van der Waals surface area contributed by atoms with E-state index in [4.69, 9.17) is 9.47 Å². The number of fused-ring (bicyclic) bond motifs is 3. The molecule has 0 heterocycles. The first-order chi connectivity index (χ1) is 38.7. The van der Waals surface area contributed by atoms with Crippen molar-refractivity contribution >= 4 is 56.1 Å². The van der Waals surface area contributed by atoms with E-state index in [0.717, 1.165) is 11.1 Å². The summed E-state index contributed by atoms with van der Waals surface area (Å²) in [7, 11) is 2.58. The molecule has 0 fully saturated rings. The van der Waals surface area contributed by atoms with Gasteiger partial charge < -0.3 is 9.47 Å². The number of esters is 2. The molecule has 0 aromatic heterocycles. The first-order valence-electron chi connectivity index (χ1n) is 25.0. The number of carbonyl (C=O) groups is 2. The fourth-order valence-electron chi connectivity index (χ4n) is 9.92. The molecule has 0 radical (unpaired) electrons. The van der Waals surface area contributed by atoms with Gasteiger partial charge in [0.25, 0.3) is 0 Å². The lowest BCUT2D eigenvalue weighted by Gasteiger charge is -2.17. The molecule has 0 unspecified atom stereocenters. The van der Waals surface area contributed by atoms with Gasteiger partial charge in [-0.1, -0.05) is 149 Å². The molecule has 4 aromatic carbocycles. The predicted molar refractivity (Wildman–Crippen MR) is 303 cm³/mol. The number of hydrogen-bond donors (Lipinski definition) is 0. The van der Waals surface area contributed by atoms with Gasteiger partial charge in [0.1, 0.15) is 70.8 Å². The number of carbonyl (C=O) groups excluding carboxylic acids is 2. The summed E-state index contributed by atoms with van der Waals surface area (Å²) in [6, 6.07) is 58.5. The summed E-state index contributed by atoms with van der Waals surface area (Å²) in [5.74, 6) is -1.06. The molecule has 4 aromatic rings. The Balaban J connectivity index is 1.44. The minimum atomic E-state index is -0.607. The van der Waals surface area contributed by atoms with Crippen LogP contribution in [0.25, 0.3) is 66.5 Å². The molecule has 0 spiro atoms. The average Bonchev–Trinajstić information content (AvgIpc) is 3.79. The first-order valence-corrected chi connectivity index (χ1v) is 25.0. The lowest BCUT2D eigenvalue weighted by molar-refractivity contribution is 0.0593. The second kappa shape index (κ2) is 23.5. The zero-order chi connectivity index (χ0) is 57.4. The Morgan fingerprint density at radius 2 is 0.713 bits per heavy atom. The highest BCUT2D eigenvalue weighted by Crippen LogP contribution is 2.45. The van der Waals surface area contributed by atoms with Gasteiger partial charge in [0.15, 0.2) is 0 Å². The number of ether oxygens (including phenoxy) is 2. The van der Waals surface area contributed by atoms with Crippen molar-refractivity contribution in [3.05, 3.63) is 222 Å². The van der Waals surface area contributed by atoms with Crippen LogP contribution in [0.3, 0.4) is 0 Å². The zero-order valence-corrected chi connectivity index (χ0v) is 44.2. The molecule has 4 aliphatic rings. The monoisotopic (exact) mass is 1040 g/mol. The van der Waals surface area contributed by atoms with E-state index in [1.807, 2.05) is 101 Å². The third-order valence-corrected chi connectivity index (χ3v) is 14.0. The molecule has 0 N–H and O–H groups in total. The van der Waals surface area contributed by atoms with Crippen LogP contribution in [0.2, 0.25) is 0 Å². The smallest absolute Gasteiger partial charge is 0.338 e. The maximum Gasteiger partial charge on any atom is 0.338 e. The lowest BCUT2D eigenvalue weighted by Crippen LogP contribution is -2.14. The number of methoxy groups -OCH3 is 2. The van der Waals surface area contributed by atoms with Crippen molar-refractivity contribution in [2.75, 3.05) is 14.2 Å². The highest BCUT2D eigenvalue weighted by atomic mass is 16.5. The van der Waals surface area contributed by atoms with Crippen molar-refractivity contribution in [3.63, 3.8) is 0 Å². The summed E-state index contributed by atoms with van der Waals surface area (Å²) in [6.45, 7) is 8.12. The molecular weight excluding hydrogens is 993 g/mol. The highest BCUT2D eigenvalue weighted by molar-refractivity contribution is 6.16. The number of rotatable bonds is 10. The summed E-state index contributed by atoms with van der Waals surface area (Å²) < 4.78 is 10.6. The van der Waals surface area contributed by atoms with Crippen molar-refractivity contribution in [1.29, 1.82) is 42.1 Å². The Morgan fingerprint density at radius 3 is 1.01 bits per heavy atom. The maximum atomic E-state index is 13.7. The Bertz CT molecular complexity index is 4190. The van der Waals surface area contributed by atoms with Crippen molar-refractivity contribution in [2.45, 2.75) is 39.5 Å². The molecule has 8 rings (SSSR count). The molecule has 80 heavy (non-hydrogen) atoms. The quantitative estimate of drug-likeness (QED) is 0.0917. The molecule has 380 valence electrons. The molecule has 12 nitrogen and oxygen atoms in total. The van der Waals surface area contributed by atoms with Crippen LogP contribution in [-0.2, 0) is 9.47 Å². The molecule has 0 amide bonds. The summed E-state index contributed by atoms with van der Waals surface area (Å²) in [5, 5.41) is 85.2. The SMILES string of the molecule is COC(=O)c1cc(C(C(=C(C#N)C#N)c2ccc3cc(C(=C(C#N)C#N)C(c4cc(C(=O)OC)c5cc(C(C)C)cccc4-5)=c4ccc(=C(C#N)C#N)cc4)ccc3c2)=c2ccc(=C(C#N)C#N)cc2)c2cccc(C(C)C)cc1-2. The Morgan fingerprint density at radius 1 is 0.375 bits per heavy atom. The Kier molecular flexibility index (Phi) is 16.0.